The van der Waals surface area contributed by atoms with Gasteiger partial charge in [-0.2, -0.15) is 0 Å². The number of halogens is 3. The monoisotopic (exact) mass is 339 g/mol. The van der Waals surface area contributed by atoms with Gasteiger partial charge in [-0.05, 0) is 30.7 Å². The van der Waals surface area contributed by atoms with E-state index < -0.39 is 15.8 Å². The molecule has 1 aromatic heterocycles. The average molecular weight is 340 g/mol. The highest BCUT2D eigenvalue weighted by atomic mass is 35.5. The lowest BCUT2D eigenvalue weighted by Gasteiger charge is -2.08. The highest BCUT2D eigenvalue weighted by Crippen LogP contribution is 2.35. The highest BCUT2D eigenvalue weighted by molar-refractivity contribution is 7.93. The Morgan fingerprint density at radius 3 is 2.53 bits per heavy atom. The van der Waals surface area contributed by atoms with Crippen LogP contribution in [0.15, 0.2) is 29.2 Å². The molecular weight excluding hydrogens is 332 g/mol. The molecule has 3 nitrogen and oxygen atoms in total. The fourth-order valence-electron chi connectivity index (χ4n) is 1.43. The molecule has 1 N–H and O–H groups in total. The van der Waals surface area contributed by atoms with Crippen molar-refractivity contribution in [2.45, 2.75) is 11.8 Å². The molecule has 0 atom stereocenters. The zero-order valence-electron chi connectivity index (χ0n) is 9.58. The Morgan fingerprint density at radius 1 is 1.26 bits per heavy atom. The van der Waals surface area contributed by atoms with Gasteiger partial charge in [0.2, 0.25) is 0 Å². The van der Waals surface area contributed by atoms with Crippen molar-refractivity contribution in [1.29, 1.82) is 0 Å². The maximum Gasteiger partial charge on any atom is 0.264 e. The number of thiophene rings is 1. The van der Waals surface area contributed by atoms with E-state index in [-0.39, 0.29) is 19.3 Å². The number of anilines is 1. The van der Waals surface area contributed by atoms with Crippen LogP contribution >= 0.6 is 34.5 Å². The first-order chi connectivity index (χ1) is 8.79. The number of rotatable bonds is 3. The van der Waals surface area contributed by atoms with Gasteiger partial charge in [0.05, 0.1) is 10.0 Å². The first kappa shape index (κ1) is 14.6. The summed E-state index contributed by atoms with van der Waals surface area (Å²) in [5, 5.41) is 0. The summed E-state index contributed by atoms with van der Waals surface area (Å²) in [4.78, 5) is -0.162. The summed E-state index contributed by atoms with van der Waals surface area (Å²) >= 11 is 12.4. The molecule has 0 aliphatic carbocycles. The van der Waals surface area contributed by atoms with Crippen molar-refractivity contribution in [2.24, 2.45) is 0 Å². The fourth-order valence-corrected chi connectivity index (χ4v) is 4.63. The molecule has 0 radical (unpaired) electrons. The second kappa shape index (κ2) is 5.28. The number of aryl methyl sites for hydroxylation is 1. The van der Waals surface area contributed by atoms with Crippen molar-refractivity contribution in [2.75, 3.05) is 4.72 Å². The minimum Gasteiger partial charge on any atom is -0.277 e. The van der Waals surface area contributed by atoms with Gasteiger partial charge in [-0.15, -0.1) is 11.3 Å². The van der Waals surface area contributed by atoms with Gasteiger partial charge in [0, 0.05) is 0 Å². The van der Waals surface area contributed by atoms with E-state index in [9.17, 15) is 12.8 Å². The molecular formula is C11H8Cl2FNO2S2. The second-order valence-corrected chi connectivity index (χ2v) is 7.71. The second-order valence-electron chi connectivity index (χ2n) is 3.78. The van der Waals surface area contributed by atoms with Gasteiger partial charge in [0.25, 0.3) is 10.0 Å². The Morgan fingerprint density at radius 2 is 1.95 bits per heavy atom. The van der Waals surface area contributed by atoms with Gasteiger partial charge in [-0.1, -0.05) is 29.3 Å². The molecule has 102 valence electrons. The van der Waals surface area contributed by atoms with Gasteiger partial charge in [0.1, 0.15) is 15.0 Å². The van der Waals surface area contributed by atoms with E-state index in [4.69, 9.17) is 23.2 Å². The molecule has 2 rings (SSSR count). The molecule has 2 aromatic rings. The molecule has 8 heteroatoms. The van der Waals surface area contributed by atoms with E-state index in [2.05, 4.69) is 4.72 Å². The SMILES string of the molecule is Cc1ccc(F)c(NS(=O)(=O)c2cc(Cl)sc2Cl)c1. The Kier molecular flexibility index (Phi) is 4.06. The van der Waals surface area contributed by atoms with Crippen molar-refractivity contribution >= 4 is 50.2 Å². The van der Waals surface area contributed by atoms with Crippen LogP contribution in [0.4, 0.5) is 10.1 Å². The van der Waals surface area contributed by atoms with E-state index in [1.165, 1.54) is 18.2 Å². The van der Waals surface area contributed by atoms with Gasteiger partial charge in [-0.3, -0.25) is 4.72 Å². The molecule has 0 saturated carbocycles. The zero-order chi connectivity index (χ0) is 14.2. The number of hydrogen-bond donors (Lipinski definition) is 1. The van der Waals surface area contributed by atoms with Crippen molar-refractivity contribution < 1.29 is 12.8 Å². The molecule has 0 spiro atoms. The van der Waals surface area contributed by atoms with Gasteiger partial charge in [0.15, 0.2) is 0 Å². The third kappa shape index (κ3) is 3.20. The topological polar surface area (TPSA) is 46.2 Å². The van der Waals surface area contributed by atoms with Crippen molar-refractivity contribution in [3.8, 4) is 0 Å². The van der Waals surface area contributed by atoms with Crippen LogP contribution in [0.1, 0.15) is 5.56 Å². The molecule has 0 saturated heterocycles. The zero-order valence-corrected chi connectivity index (χ0v) is 12.7. The van der Waals surface area contributed by atoms with Crippen molar-refractivity contribution in [1.82, 2.24) is 0 Å². The van der Waals surface area contributed by atoms with Gasteiger partial charge in [-0.25, -0.2) is 12.8 Å². The van der Waals surface area contributed by atoms with E-state index in [0.717, 1.165) is 16.9 Å². The first-order valence-corrected chi connectivity index (χ1v) is 8.09. The Labute approximate surface area is 124 Å². The predicted octanol–water partition coefficient (Wildman–Crippen LogP) is 4.30. The number of nitrogens with one attached hydrogen (secondary N) is 1. The minimum atomic E-state index is -3.96. The molecule has 0 unspecified atom stereocenters. The number of sulfonamides is 1. The van der Waals surface area contributed by atoms with Crippen LogP contribution < -0.4 is 4.72 Å². The lowest BCUT2D eigenvalue weighted by Crippen LogP contribution is -2.13. The van der Waals surface area contributed by atoms with Gasteiger partial charge < -0.3 is 0 Å². The number of benzene rings is 1. The number of hydrogen-bond acceptors (Lipinski definition) is 3. The summed E-state index contributed by atoms with van der Waals surface area (Å²) < 4.78 is 40.1. The minimum absolute atomic E-state index is 0.0329. The highest BCUT2D eigenvalue weighted by Gasteiger charge is 2.22. The molecule has 0 aliphatic heterocycles. The average Bonchev–Trinajstić information content (AvgIpc) is 2.63. The van der Waals surface area contributed by atoms with Crippen LogP contribution in [0.2, 0.25) is 8.67 Å². The van der Waals surface area contributed by atoms with Crippen molar-refractivity contribution in [3.63, 3.8) is 0 Å². The molecule has 19 heavy (non-hydrogen) atoms. The molecule has 1 aromatic carbocycles. The normalized spacial score (nSPS) is 11.6. The molecule has 1 heterocycles. The van der Waals surface area contributed by atoms with Crippen LogP contribution in [0, 0.1) is 12.7 Å². The lowest BCUT2D eigenvalue weighted by molar-refractivity contribution is 0.599. The van der Waals surface area contributed by atoms with E-state index in [0.29, 0.717) is 0 Å². The lowest BCUT2D eigenvalue weighted by atomic mass is 10.2. The van der Waals surface area contributed by atoms with E-state index in [1.54, 1.807) is 13.0 Å². The molecule has 0 bridgehead atoms. The Balaban J connectivity index is 2.42. The summed E-state index contributed by atoms with van der Waals surface area (Å²) in [6, 6.07) is 5.36. The van der Waals surface area contributed by atoms with Crippen LogP contribution in [0.25, 0.3) is 0 Å². The smallest absolute Gasteiger partial charge is 0.264 e. The molecule has 0 amide bonds. The van der Waals surface area contributed by atoms with Crippen LogP contribution in [0.3, 0.4) is 0 Å². The third-order valence-electron chi connectivity index (χ3n) is 2.28. The molecule has 0 aliphatic rings. The quantitative estimate of drug-likeness (QED) is 0.905. The van der Waals surface area contributed by atoms with E-state index >= 15 is 0 Å². The van der Waals surface area contributed by atoms with Crippen LogP contribution in [-0.2, 0) is 10.0 Å². The summed E-state index contributed by atoms with van der Waals surface area (Å²) in [6.45, 7) is 1.73. The van der Waals surface area contributed by atoms with Crippen LogP contribution in [-0.4, -0.2) is 8.42 Å². The largest absolute Gasteiger partial charge is 0.277 e. The maximum absolute atomic E-state index is 13.5. The van der Waals surface area contributed by atoms with E-state index in [1.807, 2.05) is 0 Å². The Hall–Kier alpha value is -0.820. The first-order valence-electron chi connectivity index (χ1n) is 5.03. The summed E-state index contributed by atoms with van der Waals surface area (Å²) in [5.74, 6) is -0.661. The maximum atomic E-state index is 13.5. The van der Waals surface area contributed by atoms with Crippen LogP contribution in [0.5, 0.6) is 0 Å². The van der Waals surface area contributed by atoms with Crippen molar-refractivity contribution in [3.05, 3.63) is 44.3 Å². The predicted molar refractivity (Wildman–Crippen MR) is 76.3 cm³/mol. The standard InChI is InChI=1S/C11H8Cl2FNO2S2/c1-6-2-3-7(14)8(4-6)15-19(16,17)9-5-10(12)18-11(9)13/h2-5,15H,1H3. The summed E-state index contributed by atoms with van der Waals surface area (Å²) in [5.41, 5.74) is 0.604. The summed E-state index contributed by atoms with van der Waals surface area (Å²) in [6.07, 6.45) is 0. The fraction of sp³-hybridized carbons (Fsp3) is 0.0909. The summed E-state index contributed by atoms with van der Waals surface area (Å²) in [7, 11) is -3.96. The Bertz CT molecular complexity index is 728. The third-order valence-corrected chi connectivity index (χ3v) is 5.40. The molecule has 0 fully saturated rings. The van der Waals surface area contributed by atoms with Gasteiger partial charge >= 0.3 is 0 Å².